The molecule has 0 unspecified atom stereocenters. The molecular weight excluding hydrogens is 300 g/mol. The molecule has 2 aliphatic rings. The highest BCUT2D eigenvalue weighted by atomic mass is 32.2. The lowest BCUT2D eigenvalue weighted by atomic mass is 9.73. The Morgan fingerprint density at radius 3 is 2.30 bits per heavy atom. The average Bonchev–Trinajstić information content (AvgIpc) is 2.80. The molecule has 2 aromatic rings. The molecule has 2 heteroatoms. The van der Waals surface area contributed by atoms with Gasteiger partial charge >= 0.3 is 0 Å². The molecule has 2 atom stereocenters. The fraction of sp³-hybridized carbons (Fsp3) is 0.429. The molecule has 4 rings (SSSR count). The maximum absolute atomic E-state index is 6.77. The summed E-state index contributed by atoms with van der Waals surface area (Å²) < 4.78 is 6.92. The summed E-state index contributed by atoms with van der Waals surface area (Å²) in [6, 6.07) is 19.6. The summed E-state index contributed by atoms with van der Waals surface area (Å²) in [5.74, 6) is 0. The van der Waals surface area contributed by atoms with Gasteiger partial charge in [-0.3, -0.25) is 0 Å². The fourth-order valence-electron chi connectivity index (χ4n) is 3.90. The van der Waals surface area contributed by atoms with Gasteiger partial charge in [0.05, 0.1) is 6.10 Å². The Balaban J connectivity index is 1.86. The first kappa shape index (κ1) is 15.3. The predicted molar refractivity (Wildman–Crippen MR) is 97.5 cm³/mol. The molecule has 1 saturated heterocycles. The van der Waals surface area contributed by atoms with Gasteiger partial charge in [-0.25, -0.2) is 0 Å². The zero-order valence-corrected chi connectivity index (χ0v) is 15.1. The summed E-state index contributed by atoms with van der Waals surface area (Å²) in [6.45, 7) is 9.44. The molecule has 120 valence electrons. The van der Waals surface area contributed by atoms with Gasteiger partial charge in [-0.15, -0.1) is 11.8 Å². The van der Waals surface area contributed by atoms with Crippen molar-refractivity contribution in [2.45, 2.75) is 49.9 Å². The Kier molecular flexibility index (Phi) is 3.24. The second kappa shape index (κ2) is 4.87. The van der Waals surface area contributed by atoms with E-state index in [2.05, 4.69) is 82.3 Å². The van der Waals surface area contributed by atoms with Crippen LogP contribution in [0.1, 0.15) is 50.5 Å². The van der Waals surface area contributed by atoms with Gasteiger partial charge in [0.15, 0.2) is 0 Å². The molecule has 2 heterocycles. The van der Waals surface area contributed by atoms with E-state index in [1.54, 1.807) is 0 Å². The number of hydrogen-bond donors (Lipinski definition) is 0. The lowest BCUT2D eigenvalue weighted by Crippen LogP contribution is -2.49. The van der Waals surface area contributed by atoms with Gasteiger partial charge in [0.1, 0.15) is 4.93 Å². The standard InChI is InChI=1S/C21H24OS/c1-19(2)18-16-12-8-9-13-17(16)21(22-18,23-20(19,3)4)14-15-10-6-5-7-11-15/h5-13,18H,14H2,1-4H3/t18-,21-/m1/s1. The van der Waals surface area contributed by atoms with E-state index in [1.807, 2.05) is 11.8 Å². The zero-order chi connectivity index (χ0) is 16.3. The van der Waals surface area contributed by atoms with Crippen molar-refractivity contribution < 1.29 is 4.74 Å². The van der Waals surface area contributed by atoms with Crippen molar-refractivity contribution in [3.05, 3.63) is 71.3 Å². The van der Waals surface area contributed by atoms with Gasteiger partial charge in [-0.1, -0.05) is 68.4 Å². The van der Waals surface area contributed by atoms with E-state index >= 15 is 0 Å². The topological polar surface area (TPSA) is 9.23 Å². The normalized spacial score (nSPS) is 30.0. The molecule has 0 N–H and O–H groups in total. The fourth-order valence-corrected chi connectivity index (χ4v) is 5.78. The SMILES string of the molecule is CC1(C)S[C@@]2(Cc3ccccc3)O[C@H](c3ccccc32)C1(C)C. The van der Waals surface area contributed by atoms with Gasteiger partial charge in [0.2, 0.25) is 0 Å². The predicted octanol–water partition coefficient (Wildman–Crippen LogP) is 5.71. The van der Waals surface area contributed by atoms with Crippen LogP contribution in [0.5, 0.6) is 0 Å². The third kappa shape index (κ3) is 2.11. The number of ether oxygens (including phenoxy) is 1. The van der Waals surface area contributed by atoms with Crippen LogP contribution in [0.15, 0.2) is 54.6 Å². The molecule has 0 aromatic heterocycles. The van der Waals surface area contributed by atoms with Crippen LogP contribution in [0, 0.1) is 5.41 Å². The summed E-state index contributed by atoms with van der Waals surface area (Å²) >= 11 is 2.00. The molecule has 1 fully saturated rings. The van der Waals surface area contributed by atoms with Crippen LogP contribution in [0.4, 0.5) is 0 Å². The summed E-state index contributed by atoms with van der Waals surface area (Å²) in [7, 11) is 0. The van der Waals surface area contributed by atoms with E-state index in [9.17, 15) is 0 Å². The number of rotatable bonds is 2. The molecule has 0 spiro atoms. The summed E-state index contributed by atoms with van der Waals surface area (Å²) in [5, 5.41) is 0. The third-order valence-corrected chi connectivity index (χ3v) is 7.70. The van der Waals surface area contributed by atoms with Crippen LogP contribution < -0.4 is 0 Å². The van der Waals surface area contributed by atoms with Gasteiger partial charge in [0.25, 0.3) is 0 Å². The Labute approximate surface area is 143 Å². The average molecular weight is 324 g/mol. The van der Waals surface area contributed by atoms with Crippen molar-refractivity contribution >= 4 is 11.8 Å². The largest absolute Gasteiger partial charge is 0.351 e. The molecule has 0 saturated carbocycles. The van der Waals surface area contributed by atoms with Crippen LogP contribution in [0.2, 0.25) is 0 Å². The van der Waals surface area contributed by atoms with Crippen molar-refractivity contribution in [3.8, 4) is 0 Å². The minimum Gasteiger partial charge on any atom is -0.351 e. The minimum atomic E-state index is -0.262. The van der Waals surface area contributed by atoms with Gasteiger partial charge < -0.3 is 4.74 Å². The lowest BCUT2D eigenvalue weighted by molar-refractivity contribution is -0.0983. The maximum Gasteiger partial charge on any atom is 0.145 e. The van der Waals surface area contributed by atoms with Crippen LogP contribution in [0.25, 0.3) is 0 Å². The monoisotopic (exact) mass is 324 g/mol. The van der Waals surface area contributed by atoms with E-state index in [0.29, 0.717) is 0 Å². The summed E-state index contributed by atoms with van der Waals surface area (Å²) in [6.07, 6.45) is 1.09. The summed E-state index contributed by atoms with van der Waals surface area (Å²) in [4.78, 5) is -0.262. The van der Waals surface area contributed by atoms with Crippen LogP contribution in [-0.2, 0) is 16.1 Å². The van der Waals surface area contributed by atoms with E-state index in [1.165, 1.54) is 16.7 Å². The molecule has 0 aliphatic carbocycles. The molecule has 1 nitrogen and oxygen atoms in total. The smallest absolute Gasteiger partial charge is 0.145 e. The molecule has 0 radical (unpaired) electrons. The highest BCUT2D eigenvalue weighted by Gasteiger charge is 2.62. The highest BCUT2D eigenvalue weighted by molar-refractivity contribution is 8.01. The Hall–Kier alpha value is -1.25. The zero-order valence-electron chi connectivity index (χ0n) is 14.3. The molecule has 2 aliphatic heterocycles. The van der Waals surface area contributed by atoms with Crippen LogP contribution in [-0.4, -0.2) is 4.75 Å². The number of thioether (sulfide) groups is 1. The van der Waals surface area contributed by atoms with E-state index in [-0.39, 0.29) is 21.2 Å². The maximum atomic E-state index is 6.77. The number of hydrogen-bond acceptors (Lipinski definition) is 2. The number of fused-ring (bicyclic) bond motifs is 5. The first-order chi connectivity index (χ1) is 10.9. The van der Waals surface area contributed by atoms with Gasteiger partial charge in [-0.2, -0.15) is 0 Å². The van der Waals surface area contributed by atoms with E-state index < -0.39 is 0 Å². The Morgan fingerprint density at radius 2 is 1.57 bits per heavy atom. The van der Waals surface area contributed by atoms with Crippen molar-refractivity contribution in [1.29, 1.82) is 0 Å². The highest BCUT2D eigenvalue weighted by Crippen LogP contribution is 2.69. The lowest BCUT2D eigenvalue weighted by Gasteiger charge is -2.53. The summed E-state index contributed by atoms with van der Waals surface area (Å²) in [5.41, 5.74) is 4.18. The Bertz CT molecular complexity index is 735. The van der Waals surface area contributed by atoms with Crippen molar-refractivity contribution in [1.82, 2.24) is 0 Å². The van der Waals surface area contributed by atoms with Crippen molar-refractivity contribution in [3.63, 3.8) is 0 Å². The van der Waals surface area contributed by atoms with Crippen molar-refractivity contribution in [2.75, 3.05) is 0 Å². The molecule has 2 bridgehead atoms. The first-order valence-corrected chi connectivity index (χ1v) is 9.19. The molecule has 2 aromatic carbocycles. The van der Waals surface area contributed by atoms with Crippen LogP contribution >= 0.6 is 11.8 Å². The minimum absolute atomic E-state index is 0.0878. The quantitative estimate of drug-likeness (QED) is 0.700. The molecule has 0 amide bonds. The van der Waals surface area contributed by atoms with Gasteiger partial charge in [0, 0.05) is 22.1 Å². The van der Waals surface area contributed by atoms with Gasteiger partial charge in [-0.05, 0) is 25.0 Å². The second-order valence-corrected chi connectivity index (χ2v) is 9.72. The number of benzene rings is 2. The van der Waals surface area contributed by atoms with E-state index in [0.717, 1.165) is 6.42 Å². The third-order valence-electron chi connectivity index (χ3n) is 5.87. The second-order valence-electron chi connectivity index (χ2n) is 7.83. The Morgan fingerprint density at radius 1 is 0.913 bits per heavy atom. The molecule has 23 heavy (non-hydrogen) atoms. The van der Waals surface area contributed by atoms with Crippen molar-refractivity contribution in [2.24, 2.45) is 5.41 Å². The van der Waals surface area contributed by atoms with E-state index in [4.69, 9.17) is 4.74 Å². The van der Waals surface area contributed by atoms with Crippen LogP contribution in [0.3, 0.4) is 0 Å². The molecular formula is C21H24OS. The first-order valence-electron chi connectivity index (χ1n) is 8.37.